The molecule has 1 aromatic rings. The van der Waals surface area contributed by atoms with Crippen LogP contribution in [0.2, 0.25) is 0 Å². The maximum atomic E-state index is 12.4. The summed E-state index contributed by atoms with van der Waals surface area (Å²) in [6, 6.07) is 0. The maximum Gasteiger partial charge on any atom is 0.282 e. The Morgan fingerprint density at radius 1 is 1.42 bits per heavy atom. The second-order valence-corrected chi connectivity index (χ2v) is 7.40. The summed E-state index contributed by atoms with van der Waals surface area (Å²) in [5.74, 6) is 0.620. The van der Waals surface area contributed by atoms with Crippen molar-refractivity contribution in [3.05, 3.63) is 18.0 Å². The molecule has 7 heteroatoms. The lowest BCUT2D eigenvalue weighted by Crippen LogP contribution is -2.45. The highest BCUT2D eigenvalue weighted by atomic mass is 32.2. The molecule has 1 saturated heterocycles. The number of rotatable bonds is 4. The molecule has 2 rings (SSSR count). The van der Waals surface area contributed by atoms with Crippen LogP contribution in [0.25, 0.3) is 0 Å². The molecule has 2 heterocycles. The van der Waals surface area contributed by atoms with E-state index in [0.29, 0.717) is 25.6 Å². The van der Waals surface area contributed by atoms with Crippen LogP contribution >= 0.6 is 0 Å². The summed E-state index contributed by atoms with van der Waals surface area (Å²) in [6.45, 7) is 3.79. The molecule has 6 nitrogen and oxygen atoms in total. The van der Waals surface area contributed by atoms with Crippen molar-refractivity contribution in [2.75, 3.05) is 20.1 Å². The summed E-state index contributed by atoms with van der Waals surface area (Å²) in [7, 11) is 0.104. The monoisotopic (exact) mass is 286 g/mol. The zero-order chi connectivity index (χ0) is 14.0. The summed E-state index contributed by atoms with van der Waals surface area (Å²) >= 11 is 0. The molecule has 0 spiro atoms. The van der Waals surface area contributed by atoms with Gasteiger partial charge in [-0.15, -0.1) is 0 Å². The van der Waals surface area contributed by atoms with Crippen LogP contribution < -0.4 is 0 Å². The first-order chi connectivity index (χ1) is 8.89. The Morgan fingerprint density at radius 3 is 2.58 bits per heavy atom. The summed E-state index contributed by atoms with van der Waals surface area (Å²) in [4.78, 5) is 0. The van der Waals surface area contributed by atoms with Crippen molar-refractivity contribution in [2.45, 2.75) is 26.3 Å². The third-order valence-corrected chi connectivity index (χ3v) is 5.56. The smallest absolute Gasteiger partial charge is 0.275 e. The molecule has 0 saturated carbocycles. The van der Waals surface area contributed by atoms with Gasteiger partial charge < -0.3 is 0 Å². The highest BCUT2D eigenvalue weighted by molar-refractivity contribution is 7.86. The van der Waals surface area contributed by atoms with E-state index in [-0.39, 0.29) is 0 Å². The molecule has 1 aliphatic rings. The van der Waals surface area contributed by atoms with Gasteiger partial charge in [0, 0.05) is 45.5 Å². The van der Waals surface area contributed by atoms with Crippen LogP contribution in [-0.2, 0) is 23.8 Å². The summed E-state index contributed by atoms with van der Waals surface area (Å²) in [5, 5.41) is 4.06. The van der Waals surface area contributed by atoms with Crippen LogP contribution in [-0.4, -0.2) is 46.9 Å². The molecule has 0 N–H and O–H groups in total. The fourth-order valence-electron chi connectivity index (χ4n) is 2.30. The van der Waals surface area contributed by atoms with E-state index < -0.39 is 10.2 Å². The topological polar surface area (TPSA) is 58.4 Å². The Balaban J connectivity index is 2.02. The molecule has 0 aromatic carbocycles. The second kappa shape index (κ2) is 5.60. The van der Waals surface area contributed by atoms with Crippen molar-refractivity contribution in [1.29, 1.82) is 0 Å². The van der Waals surface area contributed by atoms with Crippen molar-refractivity contribution in [1.82, 2.24) is 18.4 Å². The van der Waals surface area contributed by atoms with Crippen LogP contribution in [0.3, 0.4) is 0 Å². The molecule has 1 aliphatic heterocycles. The molecule has 0 aliphatic carbocycles. The SMILES string of the molecule is CC1CCN(S(=O)(=O)N(C)Cc2cnn(C)c2)CC1. The van der Waals surface area contributed by atoms with Gasteiger partial charge in [0.15, 0.2) is 0 Å². The first-order valence-corrected chi connectivity index (χ1v) is 7.98. The van der Waals surface area contributed by atoms with Gasteiger partial charge in [0.2, 0.25) is 0 Å². The number of aromatic nitrogens is 2. The fraction of sp³-hybridized carbons (Fsp3) is 0.750. The van der Waals surface area contributed by atoms with Crippen LogP contribution in [0.1, 0.15) is 25.3 Å². The molecule has 108 valence electrons. The lowest BCUT2D eigenvalue weighted by molar-refractivity contribution is 0.269. The van der Waals surface area contributed by atoms with E-state index in [9.17, 15) is 8.42 Å². The van der Waals surface area contributed by atoms with E-state index in [1.54, 1.807) is 22.2 Å². The number of hydrogen-bond acceptors (Lipinski definition) is 3. The Hall–Kier alpha value is -0.920. The first-order valence-electron chi connectivity index (χ1n) is 6.58. The molecule has 1 aromatic heterocycles. The number of nitrogens with zero attached hydrogens (tertiary/aromatic N) is 4. The molecule has 0 unspecified atom stereocenters. The van der Waals surface area contributed by atoms with Crippen molar-refractivity contribution in [2.24, 2.45) is 13.0 Å². The molecular formula is C12H22N4O2S. The lowest BCUT2D eigenvalue weighted by atomic mass is 10.0. The predicted molar refractivity (Wildman–Crippen MR) is 73.6 cm³/mol. The van der Waals surface area contributed by atoms with E-state index in [1.165, 1.54) is 4.31 Å². The van der Waals surface area contributed by atoms with E-state index in [4.69, 9.17) is 0 Å². The Kier molecular flexibility index (Phi) is 4.27. The summed E-state index contributed by atoms with van der Waals surface area (Å²) < 4.78 is 29.5. The third-order valence-electron chi connectivity index (χ3n) is 3.63. The Labute approximate surface area is 115 Å². The minimum absolute atomic E-state index is 0.363. The van der Waals surface area contributed by atoms with Crippen molar-refractivity contribution < 1.29 is 8.42 Å². The molecular weight excluding hydrogens is 264 g/mol. The summed E-state index contributed by atoms with van der Waals surface area (Å²) in [6.07, 6.45) is 5.43. The summed E-state index contributed by atoms with van der Waals surface area (Å²) in [5.41, 5.74) is 0.902. The lowest BCUT2D eigenvalue weighted by Gasteiger charge is -2.32. The van der Waals surface area contributed by atoms with E-state index in [1.807, 2.05) is 13.2 Å². The van der Waals surface area contributed by atoms with Gasteiger partial charge in [-0.25, -0.2) is 0 Å². The van der Waals surface area contributed by atoms with Gasteiger partial charge in [0.25, 0.3) is 10.2 Å². The van der Waals surface area contributed by atoms with Crippen LogP contribution in [0.5, 0.6) is 0 Å². The third kappa shape index (κ3) is 3.34. The van der Waals surface area contributed by atoms with Crippen LogP contribution in [0, 0.1) is 5.92 Å². The van der Waals surface area contributed by atoms with Gasteiger partial charge in [-0.05, 0) is 18.8 Å². The zero-order valence-corrected chi connectivity index (χ0v) is 12.6. The highest BCUT2D eigenvalue weighted by Gasteiger charge is 2.29. The van der Waals surface area contributed by atoms with E-state index in [2.05, 4.69) is 12.0 Å². The van der Waals surface area contributed by atoms with Crippen LogP contribution in [0.4, 0.5) is 0 Å². The van der Waals surface area contributed by atoms with Gasteiger partial charge in [0.1, 0.15) is 0 Å². The molecule has 0 radical (unpaired) electrons. The Bertz CT molecular complexity index is 518. The van der Waals surface area contributed by atoms with Gasteiger partial charge in [-0.2, -0.15) is 22.1 Å². The standard InChI is InChI=1S/C12H22N4O2S/c1-11-4-6-16(7-5-11)19(17,18)15(3)10-12-8-13-14(2)9-12/h8-9,11H,4-7,10H2,1-3H3. The molecule has 1 fully saturated rings. The second-order valence-electron chi connectivity index (χ2n) is 5.37. The molecule has 0 bridgehead atoms. The van der Waals surface area contributed by atoms with E-state index >= 15 is 0 Å². The maximum absolute atomic E-state index is 12.4. The van der Waals surface area contributed by atoms with E-state index in [0.717, 1.165) is 18.4 Å². The largest absolute Gasteiger partial charge is 0.282 e. The van der Waals surface area contributed by atoms with Gasteiger partial charge in [-0.1, -0.05) is 6.92 Å². The highest BCUT2D eigenvalue weighted by Crippen LogP contribution is 2.20. The van der Waals surface area contributed by atoms with Crippen LogP contribution in [0.15, 0.2) is 12.4 Å². The Morgan fingerprint density at radius 2 is 2.05 bits per heavy atom. The molecule has 19 heavy (non-hydrogen) atoms. The predicted octanol–water partition coefficient (Wildman–Crippen LogP) is 0.829. The number of hydrogen-bond donors (Lipinski definition) is 0. The first kappa shape index (κ1) is 14.5. The fourth-order valence-corrected chi connectivity index (χ4v) is 3.68. The van der Waals surface area contributed by atoms with Crippen molar-refractivity contribution in [3.63, 3.8) is 0 Å². The minimum Gasteiger partial charge on any atom is -0.275 e. The quantitative estimate of drug-likeness (QED) is 0.823. The molecule has 0 amide bonds. The normalized spacial score (nSPS) is 19.2. The average Bonchev–Trinajstić information content (AvgIpc) is 2.75. The van der Waals surface area contributed by atoms with Gasteiger partial charge in [0.05, 0.1) is 6.20 Å². The molecule has 0 atom stereocenters. The van der Waals surface area contributed by atoms with Crippen molar-refractivity contribution in [3.8, 4) is 0 Å². The van der Waals surface area contributed by atoms with Gasteiger partial charge >= 0.3 is 0 Å². The van der Waals surface area contributed by atoms with Crippen molar-refractivity contribution >= 4 is 10.2 Å². The number of aryl methyl sites for hydroxylation is 1. The van der Waals surface area contributed by atoms with Gasteiger partial charge in [-0.3, -0.25) is 4.68 Å². The average molecular weight is 286 g/mol. The number of piperidine rings is 1. The zero-order valence-electron chi connectivity index (χ0n) is 11.8. The minimum atomic E-state index is -3.34.